The van der Waals surface area contributed by atoms with Gasteiger partial charge in [0.05, 0.1) is 19.9 Å². The number of ether oxygens (including phenoxy) is 3. The Balaban J connectivity index is 1.61. The molecule has 6 nitrogen and oxygen atoms in total. The van der Waals surface area contributed by atoms with Crippen molar-refractivity contribution in [1.82, 2.24) is 4.90 Å². The number of rotatable bonds is 7. The number of hydrogen-bond donors (Lipinski definition) is 0. The second kappa shape index (κ2) is 9.35. The highest BCUT2D eigenvalue weighted by molar-refractivity contribution is 5.81. The van der Waals surface area contributed by atoms with Crippen molar-refractivity contribution < 1.29 is 19.0 Å². The van der Waals surface area contributed by atoms with E-state index in [4.69, 9.17) is 14.2 Å². The van der Waals surface area contributed by atoms with Crippen LogP contribution in [0.25, 0.3) is 0 Å². The molecular weight excluding hydrogens is 356 g/mol. The first-order valence-electron chi connectivity index (χ1n) is 9.63. The molecule has 2 aromatic carbocycles. The van der Waals surface area contributed by atoms with Crippen molar-refractivity contribution in [2.75, 3.05) is 45.3 Å². The summed E-state index contributed by atoms with van der Waals surface area (Å²) in [6.45, 7) is 4.82. The van der Waals surface area contributed by atoms with E-state index < -0.39 is 6.10 Å². The first kappa shape index (κ1) is 19.9. The lowest BCUT2D eigenvalue weighted by molar-refractivity contribution is -0.139. The fraction of sp³-hybridized carbons (Fsp3) is 0.409. The van der Waals surface area contributed by atoms with Crippen LogP contribution in [0.3, 0.4) is 0 Å². The maximum atomic E-state index is 13.0. The van der Waals surface area contributed by atoms with Crippen molar-refractivity contribution in [2.45, 2.75) is 19.4 Å². The van der Waals surface area contributed by atoms with Crippen molar-refractivity contribution in [3.63, 3.8) is 0 Å². The van der Waals surface area contributed by atoms with Crippen LogP contribution in [0.4, 0.5) is 5.69 Å². The predicted octanol–water partition coefficient (Wildman–Crippen LogP) is 3.21. The summed E-state index contributed by atoms with van der Waals surface area (Å²) in [5.41, 5.74) is 1.07. The normalized spacial score (nSPS) is 15.1. The highest BCUT2D eigenvalue weighted by atomic mass is 16.5. The van der Waals surface area contributed by atoms with Gasteiger partial charge in [-0.15, -0.1) is 0 Å². The average molecular weight is 384 g/mol. The molecule has 150 valence electrons. The number of carbonyl (C=O) groups is 1. The first-order chi connectivity index (χ1) is 13.7. The second-order valence-electron chi connectivity index (χ2n) is 6.68. The van der Waals surface area contributed by atoms with Crippen LogP contribution in [0.15, 0.2) is 48.5 Å². The molecule has 1 amide bonds. The van der Waals surface area contributed by atoms with E-state index in [0.717, 1.165) is 24.5 Å². The van der Waals surface area contributed by atoms with Crippen molar-refractivity contribution in [1.29, 1.82) is 0 Å². The Morgan fingerprint density at radius 3 is 2.36 bits per heavy atom. The molecule has 0 spiro atoms. The van der Waals surface area contributed by atoms with Gasteiger partial charge in [-0.3, -0.25) is 4.79 Å². The molecule has 3 rings (SSSR count). The number of para-hydroxylation sites is 2. The summed E-state index contributed by atoms with van der Waals surface area (Å²) in [4.78, 5) is 17.1. The minimum atomic E-state index is -0.495. The number of benzene rings is 2. The third kappa shape index (κ3) is 4.50. The molecule has 0 unspecified atom stereocenters. The van der Waals surface area contributed by atoms with Gasteiger partial charge in [-0.25, -0.2) is 0 Å². The Kier molecular flexibility index (Phi) is 6.63. The number of hydrogen-bond acceptors (Lipinski definition) is 5. The molecule has 1 aliphatic heterocycles. The number of methoxy groups -OCH3 is 2. The molecule has 0 saturated carbocycles. The van der Waals surface area contributed by atoms with E-state index in [-0.39, 0.29) is 5.91 Å². The SMILES string of the molecule is CC[C@H](Oc1cccc(OC)c1)C(=O)N1CCN(c2ccccc2OC)CC1. The largest absolute Gasteiger partial charge is 0.497 e. The standard InChI is InChI=1S/C22H28N2O4/c1-4-20(28-18-9-7-8-17(16-18)26-2)22(25)24-14-12-23(13-15-24)19-10-5-6-11-21(19)27-3/h5-11,16,20H,4,12-15H2,1-3H3/t20-/m0/s1. The molecule has 1 fully saturated rings. The topological polar surface area (TPSA) is 51.2 Å². The van der Waals surface area contributed by atoms with Crippen LogP contribution in [-0.4, -0.2) is 57.3 Å². The summed E-state index contributed by atoms with van der Waals surface area (Å²) in [6.07, 6.45) is 0.118. The van der Waals surface area contributed by atoms with Gasteiger partial charge in [-0.1, -0.05) is 25.1 Å². The number of anilines is 1. The van der Waals surface area contributed by atoms with Gasteiger partial charge in [0.15, 0.2) is 6.10 Å². The number of amides is 1. The third-order valence-corrected chi connectivity index (χ3v) is 4.98. The Labute approximate surface area is 166 Å². The summed E-state index contributed by atoms with van der Waals surface area (Å²) in [5, 5.41) is 0. The third-order valence-electron chi connectivity index (χ3n) is 4.98. The molecule has 28 heavy (non-hydrogen) atoms. The second-order valence-corrected chi connectivity index (χ2v) is 6.68. The van der Waals surface area contributed by atoms with Gasteiger partial charge in [0.2, 0.25) is 0 Å². The van der Waals surface area contributed by atoms with Gasteiger partial charge in [0, 0.05) is 32.2 Å². The highest BCUT2D eigenvalue weighted by Gasteiger charge is 2.28. The molecule has 6 heteroatoms. The van der Waals surface area contributed by atoms with Crippen LogP contribution in [0.1, 0.15) is 13.3 Å². The lowest BCUT2D eigenvalue weighted by atomic mass is 10.2. The van der Waals surface area contributed by atoms with Gasteiger partial charge in [-0.05, 0) is 30.7 Å². The molecule has 1 heterocycles. The maximum Gasteiger partial charge on any atom is 0.263 e. The minimum absolute atomic E-state index is 0.0324. The number of nitrogens with zero attached hydrogens (tertiary/aromatic N) is 2. The van der Waals surface area contributed by atoms with Crippen LogP contribution in [0.2, 0.25) is 0 Å². The van der Waals surface area contributed by atoms with Gasteiger partial charge in [0.25, 0.3) is 5.91 Å². The molecule has 0 aromatic heterocycles. The van der Waals surface area contributed by atoms with Crippen molar-refractivity contribution in [3.8, 4) is 17.2 Å². The fourth-order valence-electron chi connectivity index (χ4n) is 3.41. The summed E-state index contributed by atoms with van der Waals surface area (Å²) in [5.74, 6) is 2.25. The van der Waals surface area contributed by atoms with Gasteiger partial charge >= 0.3 is 0 Å². The summed E-state index contributed by atoms with van der Waals surface area (Å²) in [7, 11) is 3.29. The number of carbonyl (C=O) groups excluding carboxylic acids is 1. The Morgan fingerprint density at radius 1 is 0.964 bits per heavy atom. The zero-order valence-electron chi connectivity index (χ0n) is 16.8. The molecule has 0 radical (unpaired) electrons. The lowest BCUT2D eigenvalue weighted by Crippen LogP contribution is -2.52. The van der Waals surface area contributed by atoms with E-state index in [9.17, 15) is 4.79 Å². The first-order valence-corrected chi connectivity index (χ1v) is 9.63. The average Bonchev–Trinajstić information content (AvgIpc) is 2.77. The van der Waals surface area contributed by atoms with Crippen LogP contribution in [0.5, 0.6) is 17.2 Å². The Hall–Kier alpha value is -2.89. The summed E-state index contributed by atoms with van der Waals surface area (Å²) in [6, 6.07) is 15.3. The molecule has 0 aliphatic carbocycles. The molecule has 1 atom stereocenters. The maximum absolute atomic E-state index is 13.0. The van der Waals surface area contributed by atoms with E-state index in [2.05, 4.69) is 11.0 Å². The zero-order valence-corrected chi connectivity index (χ0v) is 16.8. The van der Waals surface area contributed by atoms with Crippen LogP contribution in [-0.2, 0) is 4.79 Å². The molecule has 1 saturated heterocycles. The van der Waals surface area contributed by atoms with Crippen molar-refractivity contribution >= 4 is 11.6 Å². The van der Waals surface area contributed by atoms with E-state index in [1.165, 1.54) is 0 Å². The zero-order chi connectivity index (χ0) is 19.9. The molecule has 0 bridgehead atoms. The molecule has 1 aliphatic rings. The van der Waals surface area contributed by atoms with E-state index >= 15 is 0 Å². The van der Waals surface area contributed by atoms with Crippen LogP contribution >= 0.6 is 0 Å². The molecule has 2 aromatic rings. The summed E-state index contributed by atoms with van der Waals surface area (Å²) < 4.78 is 16.7. The van der Waals surface area contributed by atoms with Gasteiger partial charge in [-0.2, -0.15) is 0 Å². The van der Waals surface area contributed by atoms with E-state index in [0.29, 0.717) is 31.0 Å². The van der Waals surface area contributed by atoms with Crippen LogP contribution in [0, 0.1) is 0 Å². The summed E-state index contributed by atoms with van der Waals surface area (Å²) >= 11 is 0. The minimum Gasteiger partial charge on any atom is -0.497 e. The van der Waals surface area contributed by atoms with Gasteiger partial charge in [0.1, 0.15) is 17.2 Å². The quantitative estimate of drug-likeness (QED) is 0.734. The lowest BCUT2D eigenvalue weighted by Gasteiger charge is -2.37. The smallest absolute Gasteiger partial charge is 0.263 e. The monoisotopic (exact) mass is 384 g/mol. The van der Waals surface area contributed by atoms with Crippen LogP contribution < -0.4 is 19.1 Å². The molecular formula is C22H28N2O4. The molecule has 0 N–H and O–H groups in total. The fourth-order valence-corrected chi connectivity index (χ4v) is 3.41. The van der Waals surface area contributed by atoms with E-state index in [1.807, 2.05) is 48.2 Å². The predicted molar refractivity (Wildman–Crippen MR) is 109 cm³/mol. The van der Waals surface area contributed by atoms with Crippen molar-refractivity contribution in [3.05, 3.63) is 48.5 Å². The number of piperazine rings is 1. The van der Waals surface area contributed by atoms with Crippen molar-refractivity contribution in [2.24, 2.45) is 0 Å². The van der Waals surface area contributed by atoms with Gasteiger partial charge < -0.3 is 24.0 Å². The Morgan fingerprint density at radius 2 is 1.68 bits per heavy atom. The van der Waals surface area contributed by atoms with E-state index in [1.54, 1.807) is 20.3 Å². The highest BCUT2D eigenvalue weighted by Crippen LogP contribution is 2.28. The Bertz CT molecular complexity index is 788.